The molecular formula is C12H6F3NO5S. The molecular weight excluding hydrogens is 327 g/mol. The summed E-state index contributed by atoms with van der Waals surface area (Å²) in [7, 11) is -4.77. The molecule has 0 amide bonds. The molecule has 0 atom stereocenters. The van der Waals surface area contributed by atoms with E-state index in [1.54, 1.807) is 0 Å². The molecule has 0 spiro atoms. The standard InChI is InChI=1S/C12H6F3NO5S/c13-9-5-6-10(12(15)11(9)14)22(19,20)21-8-3-1-7(2-4-8)16(17)18/h1-6H. The average Bonchev–Trinajstić information content (AvgIpc) is 2.44. The van der Waals surface area contributed by atoms with Gasteiger partial charge in [-0.2, -0.15) is 8.42 Å². The first-order valence-corrected chi connectivity index (χ1v) is 6.95. The fourth-order valence-electron chi connectivity index (χ4n) is 1.50. The molecule has 0 aliphatic heterocycles. The summed E-state index contributed by atoms with van der Waals surface area (Å²) in [4.78, 5) is 8.55. The van der Waals surface area contributed by atoms with E-state index in [9.17, 15) is 31.7 Å². The number of non-ortho nitro benzene ring substituents is 1. The maximum atomic E-state index is 13.5. The highest BCUT2D eigenvalue weighted by Gasteiger charge is 2.26. The Bertz CT molecular complexity index is 837. The Morgan fingerprint density at radius 1 is 0.955 bits per heavy atom. The van der Waals surface area contributed by atoms with Crippen molar-refractivity contribution in [1.82, 2.24) is 0 Å². The molecule has 2 aromatic carbocycles. The van der Waals surface area contributed by atoms with Gasteiger partial charge < -0.3 is 4.18 Å². The Morgan fingerprint density at radius 2 is 1.55 bits per heavy atom. The van der Waals surface area contributed by atoms with E-state index in [-0.39, 0.29) is 11.4 Å². The van der Waals surface area contributed by atoms with Gasteiger partial charge in [0, 0.05) is 12.1 Å². The molecule has 0 saturated heterocycles. The van der Waals surface area contributed by atoms with Crippen LogP contribution < -0.4 is 4.18 Å². The number of hydrogen-bond acceptors (Lipinski definition) is 5. The van der Waals surface area contributed by atoms with Crippen LogP contribution in [-0.4, -0.2) is 13.3 Å². The van der Waals surface area contributed by atoms with Crippen molar-refractivity contribution in [3.05, 3.63) is 64.0 Å². The van der Waals surface area contributed by atoms with Crippen LogP contribution in [0.2, 0.25) is 0 Å². The van der Waals surface area contributed by atoms with Gasteiger partial charge >= 0.3 is 10.1 Å². The SMILES string of the molecule is O=[N+]([O-])c1ccc(OS(=O)(=O)c2ccc(F)c(F)c2F)cc1. The van der Waals surface area contributed by atoms with E-state index in [0.717, 1.165) is 24.3 Å². The Kier molecular flexibility index (Phi) is 4.04. The van der Waals surface area contributed by atoms with Gasteiger partial charge in [-0.05, 0) is 24.3 Å². The maximum Gasteiger partial charge on any atom is 0.342 e. The van der Waals surface area contributed by atoms with Crippen molar-refractivity contribution >= 4 is 15.8 Å². The molecule has 6 nitrogen and oxygen atoms in total. The van der Waals surface area contributed by atoms with Crippen molar-refractivity contribution in [3.63, 3.8) is 0 Å². The van der Waals surface area contributed by atoms with Crippen molar-refractivity contribution in [2.24, 2.45) is 0 Å². The summed E-state index contributed by atoms with van der Waals surface area (Å²) in [6.45, 7) is 0. The minimum absolute atomic E-state index is 0.316. The van der Waals surface area contributed by atoms with Crippen molar-refractivity contribution in [2.45, 2.75) is 4.90 Å². The molecule has 0 radical (unpaired) electrons. The predicted molar refractivity (Wildman–Crippen MR) is 67.2 cm³/mol. The Morgan fingerprint density at radius 3 is 2.09 bits per heavy atom. The number of rotatable bonds is 4. The van der Waals surface area contributed by atoms with E-state index in [1.165, 1.54) is 0 Å². The highest BCUT2D eigenvalue weighted by atomic mass is 32.2. The first kappa shape index (κ1) is 15.8. The molecule has 10 heteroatoms. The van der Waals surface area contributed by atoms with E-state index in [4.69, 9.17) is 0 Å². The van der Waals surface area contributed by atoms with Gasteiger partial charge in [0.15, 0.2) is 17.5 Å². The van der Waals surface area contributed by atoms with Crippen LogP contribution in [0.25, 0.3) is 0 Å². The maximum absolute atomic E-state index is 13.5. The first-order valence-electron chi connectivity index (χ1n) is 5.55. The van der Waals surface area contributed by atoms with Gasteiger partial charge in [-0.15, -0.1) is 0 Å². The summed E-state index contributed by atoms with van der Waals surface area (Å²) in [6.07, 6.45) is 0. The van der Waals surface area contributed by atoms with Gasteiger partial charge in [0.2, 0.25) is 0 Å². The van der Waals surface area contributed by atoms with E-state index < -0.39 is 37.4 Å². The number of hydrogen-bond donors (Lipinski definition) is 0. The summed E-state index contributed by atoms with van der Waals surface area (Å²) in [5.41, 5.74) is -0.316. The number of nitrogens with zero attached hydrogens (tertiary/aromatic N) is 1. The second-order valence-corrected chi connectivity index (χ2v) is 5.48. The van der Waals surface area contributed by atoms with Crippen molar-refractivity contribution < 1.29 is 30.7 Å². The molecule has 0 unspecified atom stereocenters. The zero-order valence-corrected chi connectivity index (χ0v) is 11.3. The second-order valence-electron chi connectivity index (χ2n) is 3.96. The lowest BCUT2D eigenvalue weighted by Gasteiger charge is -2.08. The zero-order valence-electron chi connectivity index (χ0n) is 10.5. The zero-order chi connectivity index (χ0) is 16.5. The van der Waals surface area contributed by atoms with Crippen LogP contribution in [0.5, 0.6) is 5.75 Å². The van der Waals surface area contributed by atoms with Gasteiger partial charge in [-0.1, -0.05) is 0 Å². The molecule has 0 aliphatic carbocycles. The van der Waals surface area contributed by atoms with Crippen LogP contribution in [0, 0.1) is 27.6 Å². The minimum atomic E-state index is -4.77. The van der Waals surface area contributed by atoms with Crippen LogP contribution in [0.1, 0.15) is 0 Å². The Hall–Kier alpha value is -2.62. The van der Waals surface area contributed by atoms with E-state index in [0.29, 0.717) is 12.1 Å². The quantitative estimate of drug-likeness (QED) is 0.372. The molecule has 0 bridgehead atoms. The Balaban J connectivity index is 2.36. The first-order chi connectivity index (χ1) is 10.2. The van der Waals surface area contributed by atoms with Crippen LogP contribution in [0.4, 0.5) is 18.9 Å². The summed E-state index contributed by atoms with van der Waals surface area (Å²) >= 11 is 0. The van der Waals surface area contributed by atoms with Gasteiger partial charge in [-0.25, -0.2) is 13.2 Å². The predicted octanol–water partition coefficient (Wildman–Crippen LogP) is 2.78. The van der Waals surface area contributed by atoms with Gasteiger partial charge in [0.05, 0.1) is 4.92 Å². The molecule has 0 fully saturated rings. The topological polar surface area (TPSA) is 86.5 Å². The van der Waals surface area contributed by atoms with Crippen LogP contribution in [0.3, 0.4) is 0 Å². The summed E-state index contributed by atoms with van der Waals surface area (Å²) < 4.78 is 67.5. The number of nitro groups is 1. The third-order valence-electron chi connectivity index (χ3n) is 2.52. The minimum Gasteiger partial charge on any atom is -0.379 e. The molecule has 0 N–H and O–H groups in total. The number of halogens is 3. The van der Waals surface area contributed by atoms with Gasteiger partial charge in [-0.3, -0.25) is 10.1 Å². The van der Waals surface area contributed by atoms with Gasteiger partial charge in [0.1, 0.15) is 10.6 Å². The van der Waals surface area contributed by atoms with Crippen molar-refractivity contribution in [3.8, 4) is 5.75 Å². The fraction of sp³-hybridized carbons (Fsp3) is 0. The smallest absolute Gasteiger partial charge is 0.342 e. The summed E-state index contributed by atoms with van der Waals surface area (Å²) in [5, 5.41) is 10.5. The normalized spacial score (nSPS) is 11.2. The number of nitro benzene ring substituents is 1. The lowest BCUT2D eigenvalue weighted by atomic mass is 10.3. The Labute approximate surface area is 122 Å². The summed E-state index contributed by atoms with van der Waals surface area (Å²) in [5.74, 6) is -5.77. The highest BCUT2D eigenvalue weighted by molar-refractivity contribution is 7.87. The molecule has 0 aliphatic rings. The molecule has 116 valence electrons. The third kappa shape index (κ3) is 3.01. The monoisotopic (exact) mass is 333 g/mol. The highest BCUT2D eigenvalue weighted by Crippen LogP contribution is 2.25. The van der Waals surface area contributed by atoms with E-state index in [2.05, 4.69) is 4.18 Å². The molecule has 2 aromatic rings. The van der Waals surface area contributed by atoms with E-state index in [1.807, 2.05) is 0 Å². The largest absolute Gasteiger partial charge is 0.379 e. The van der Waals surface area contributed by atoms with Crippen LogP contribution in [-0.2, 0) is 10.1 Å². The molecule has 0 saturated carbocycles. The second kappa shape index (κ2) is 5.64. The average molecular weight is 333 g/mol. The van der Waals surface area contributed by atoms with Gasteiger partial charge in [0.25, 0.3) is 5.69 Å². The van der Waals surface area contributed by atoms with Crippen molar-refractivity contribution in [1.29, 1.82) is 0 Å². The molecule has 0 aromatic heterocycles. The van der Waals surface area contributed by atoms with Crippen LogP contribution in [0.15, 0.2) is 41.3 Å². The lowest BCUT2D eigenvalue weighted by Crippen LogP contribution is -2.13. The van der Waals surface area contributed by atoms with E-state index >= 15 is 0 Å². The van der Waals surface area contributed by atoms with Crippen molar-refractivity contribution in [2.75, 3.05) is 0 Å². The molecule has 0 heterocycles. The summed E-state index contributed by atoms with van der Waals surface area (Å²) in [6, 6.07) is 4.80. The molecule has 22 heavy (non-hydrogen) atoms. The number of benzene rings is 2. The fourth-order valence-corrected chi connectivity index (χ4v) is 2.49. The third-order valence-corrected chi connectivity index (χ3v) is 3.79. The lowest BCUT2D eigenvalue weighted by molar-refractivity contribution is -0.384. The molecule has 2 rings (SSSR count). The van der Waals surface area contributed by atoms with Crippen LogP contribution >= 0.6 is 0 Å².